The molecule has 0 bridgehead atoms. The van der Waals surface area contributed by atoms with Crippen LogP contribution in [0.25, 0.3) is 0 Å². The van der Waals surface area contributed by atoms with E-state index in [1.54, 1.807) is 0 Å². The number of unbranched alkanes of at least 4 members (excludes halogenated alkanes) is 26. The Morgan fingerprint density at radius 3 is 1.18 bits per heavy atom. The molecule has 2 atom stereocenters. The van der Waals surface area contributed by atoms with Crippen molar-refractivity contribution < 1.29 is 10.2 Å². The van der Waals surface area contributed by atoms with Crippen molar-refractivity contribution in [1.82, 2.24) is 5.32 Å². The monoisotopic (exact) mass is 552 g/mol. The van der Waals surface area contributed by atoms with Crippen LogP contribution in [0.1, 0.15) is 194 Å². The van der Waals surface area contributed by atoms with Crippen LogP contribution >= 0.6 is 0 Å². The van der Waals surface area contributed by atoms with Gasteiger partial charge < -0.3 is 15.5 Å². The fraction of sp³-hybridized carbons (Fsp3) is 0.944. The molecule has 0 aliphatic rings. The zero-order valence-corrected chi connectivity index (χ0v) is 26.9. The van der Waals surface area contributed by atoms with E-state index in [1.165, 1.54) is 167 Å². The Morgan fingerprint density at radius 2 is 0.821 bits per heavy atom. The smallest absolute Gasteiger partial charge is 0.0896 e. The van der Waals surface area contributed by atoms with Crippen molar-refractivity contribution in [1.29, 1.82) is 0 Å². The molecule has 2 unspecified atom stereocenters. The molecule has 3 N–H and O–H groups in total. The number of hydrogen-bond acceptors (Lipinski definition) is 3. The summed E-state index contributed by atoms with van der Waals surface area (Å²) in [5.74, 6) is 0. The summed E-state index contributed by atoms with van der Waals surface area (Å²) in [4.78, 5) is 0. The minimum atomic E-state index is -0.594. The van der Waals surface area contributed by atoms with Gasteiger partial charge in [0.1, 0.15) is 0 Å². The van der Waals surface area contributed by atoms with Crippen molar-refractivity contribution in [3.8, 4) is 0 Å². The zero-order valence-electron chi connectivity index (χ0n) is 26.9. The van der Waals surface area contributed by atoms with Gasteiger partial charge in [0.05, 0.1) is 18.8 Å². The maximum atomic E-state index is 10.4. The number of rotatable bonds is 33. The van der Waals surface area contributed by atoms with E-state index in [2.05, 4.69) is 25.2 Å². The molecule has 0 rings (SSSR count). The second-order valence-corrected chi connectivity index (χ2v) is 12.3. The van der Waals surface area contributed by atoms with Crippen molar-refractivity contribution >= 4 is 0 Å². The minimum Gasteiger partial charge on any atom is -0.395 e. The SMILES string of the molecule is CCCCCCCCCCCCCC=CC(O)C(CO)NCCCCCCCCCCCCCCCCCC. The van der Waals surface area contributed by atoms with Gasteiger partial charge in [-0.2, -0.15) is 0 Å². The Kier molecular flexibility index (Phi) is 33.5. The molecule has 234 valence electrons. The van der Waals surface area contributed by atoms with Crippen molar-refractivity contribution in [2.45, 2.75) is 206 Å². The van der Waals surface area contributed by atoms with Crippen LogP contribution in [0, 0.1) is 0 Å². The third-order valence-electron chi connectivity index (χ3n) is 8.35. The highest BCUT2D eigenvalue weighted by Crippen LogP contribution is 2.14. The van der Waals surface area contributed by atoms with Crippen molar-refractivity contribution in [2.75, 3.05) is 13.2 Å². The van der Waals surface area contributed by atoms with Gasteiger partial charge in [-0.05, 0) is 25.8 Å². The number of nitrogens with one attached hydrogen (secondary N) is 1. The van der Waals surface area contributed by atoms with Crippen LogP contribution in [0.15, 0.2) is 12.2 Å². The predicted molar refractivity (Wildman–Crippen MR) is 175 cm³/mol. The lowest BCUT2D eigenvalue weighted by Crippen LogP contribution is -2.42. The highest BCUT2D eigenvalue weighted by atomic mass is 16.3. The number of aliphatic hydroxyl groups excluding tert-OH is 2. The summed E-state index contributed by atoms with van der Waals surface area (Å²) < 4.78 is 0. The maximum absolute atomic E-state index is 10.4. The van der Waals surface area contributed by atoms with Gasteiger partial charge >= 0.3 is 0 Å². The van der Waals surface area contributed by atoms with Gasteiger partial charge in [0.25, 0.3) is 0 Å². The predicted octanol–water partition coefficient (Wildman–Crippen LogP) is 10.8. The van der Waals surface area contributed by atoms with E-state index in [0.717, 1.165) is 19.4 Å². The molecule has 0 aliphatic carbocycles. The third-order valence-corrected chi connectivity index (χ3v) is 8.35. The van der Waals surface area contributed by atoms with Gasteiger partial charge in [0.15, 0.2) is 0 Å². The molecule has 0 saturated heterocycles. The lowest BCUT2D eigenvalue weighted by molar-refractivity contribution is 0.123. The lowest BCUT2D eigenvalue weighted by Gasteiger charge is -2.19. The minimum absolute atomic E-state index is 0.0111. The van der Waals surface area contributed by atoms with Gasteiger partial charge in [-0.3, -0.25) is 0 Å². The molecule has 0 aromatic rings. The van der Waals surface area contributed by atoms with E-state index < -0.39 is 6.10 Å². The first-order chi connectivity index (χ1) is 19.3. The van der Waals surface area contributed by atoms with Crippen LogP contribution in [0.4, 0.5) is 0 Å². The molecule has 0 fully saturated rings. The van der Waals surface area contributed by atoms with Gasteiger partial charge in [-0.15, -0.1) is 0 Å². The Labute approximate surface area is 246 Å². The summed E-state index contributed by atoms with van der Waals surface area (Å²) >= 11 is 0. The standard InChI is InChI=1S/C36H73NO2/c1-3-5-7-9-11-13-15-17-18-19-21-23-25-27-29-31-33-37-35(34-38)36(39)32-30-28-26-24-22-20-16-14-12-10-8-6-4-2/h30,32,35-39H,3-29,31,33-34H2,1-2H3. The Hall–Kier alpha value is -0.380. The highest BCUT2D eigenvalue weighted by molar-refractivity contribution is 4.94. The van der Waals surface area contributed by atoms with Gasteiger partial charge in [-0.25, -0.2) is 0 Å². The van der Waals surface area contributed by atoms with Gasteiger partial charge in [0.2, 0.25) is 0 Å². The largest absolute Gasteiger partial charge is 0.395 e. The average molecular weight is 552 g/mol. The van der Waals surface area contributed by atoms with Crippen LogP contribution in [0.2, 0.25) is 0 Å². The lowest BCUT2D eigenvalue weighted by atomic mass is 10.0. The van der Waals surface area contributed by atoms with Crippen molar-refractivity contribution in [2.24, 2.45) is 0 Å². The summed E-state index contributed by atoms with van der Waals surface area (Å²) in [5, 5.41) is 23.5. The second-order valence-electron chi connectivity index (χ2n) is 12.3. The molecule has 39 heavy (non-hydrogen) atoms. The molecule has 0 amide bonds. The Balaban J connectivity index is 3.45. The third kappa shape index (κ3) is 30.4. The molecule has 0 spiro atoms. The summed E-state index contributed by atoms with van der Waals surface area (Å²) in [5.41, 5.74) is 0. The number of allylic oxidation sites excluding steroid dienone is 1. The molecule has 3 heteroatoms. The molecule has 0 heterocycles. The van der Waals surface area contributed by atoms with Crippen molar-refractivity contribution in [3.63, 3.8) is 0 Å². The number of aliphatic hydroxyl groups is 2. The van der Waals surface area contributed by atoms with E-state index in [1.807, 2.05) is 6.08 Å². The second kappa shape index (κ2) is 33.8. The van der Waals surface area contributed by atoms with E-state index >= 15 is 0 Å². The molecule has 0 aromatic heterocycles. The van der Waals surface area contributed by atoms with Crippen LogP contribution in [-0.4, -0.2) is 35.5 Å². The maximum Gasteiger partial charge on any atom is 0.0896 e. The topological polar surface area (TPSA) is 52.5 Å². The number of hydrogen-bond donors (Lipinski definition) is 3. The molecular weight excluding hydrogens is 478 g/mol. The van der Waals surface area contributed by atoms with Crippen LogP contribution < -0.4 is 5.32 Å². The molecule has 0 radical (unpaired) electrons. The van der Waals surface area contributed by atoms with Gasteiger partial charge in [-0.1, -0.05) is 187 Å². The van der Waals surface area contributed by atoms with E-state index in [9.17, 15) is 10.2 Å². The normalized spacial score (nSPS) is 13.4. The molecular formula is C36H73NO2. The first-order valence-electron chi connectivity index (χ1n) is 17.9. The molecule has 3 nitrogen and oxygen atoms in total. The average Bonchev–Trinajstić information content (AvgIpc) is 2.95. The van der Waals surface area contributed by atoms with Crippen LogP contribution in [0.3, 0.4) is 0 Å². The quantitative estimate of drug-likeness (QED) is 0.0561. The first-order valence-corrected chi connectivity index (χ1v) is 17.9. The Bertz CT molecular complexity index is 467. The first kappa shape index (κ1) is 38.6. The van der Waals surface area contributed by atoms with E-state index in [4.69, 9.17) is 0 Å². The molecule has 0 aliphatic heterocycles. The van der Waals surface area contributed by atoms with Crippen LogP contribution in [-0.2, 0) is 0 Å². The van der Waals surface area contributed by atoms with E-state index in [-0.39, 0.29) is 12.6 Å². The zero-order chi connectivity index (χ0) is 28.5. The summed E-state index contributed by atoms with van der Waals surface area (Å²) in [6.45, 7) is 5.44. The summed E-state index contributed by atoms with van der Waals surface area (Å²) in [6.07, 6.45) is 41.5. The van der Waals surface area contributed by atoms with Crippen LogP contribution in [0.5, 0.6) is 0 Å². The van der Waals surface area contributed by atoms with Gasteiger partial charge in [0, 0.05) is 0 Å². The summed E-state index contributed by atoms with van der Waals surface area (Å²) in [7, 11) is 0. The fourth-order valence-electron chi connectivity index (χ4n) is 5.55. The summed E-state index contributed by atoms with van der Waals surface area (Å²) in [6, 6.07) is -0.241. The fourth-order valence-corrected chi connectivity index (χ4v) is 5.55. The Morgan fingerprint density at radius 1 is 0.487 bits per heavy atom. The van der Waals surface area contributed by atoms with Crippen molar-refractivity contribution in [3.05, 3.63) is 12.2 Å². The highest BCUT2D eigenvalue weighted by Gasteiger charge is 2.14. The van der Waals surface area contributed by atoms with E-state index in [0.29, 0.717) is 0 Å². The molecule has 0 saturated carbocycles. The molecule has 0 aromatic carbocycles.